The third kappa shape index (κ3) is 3.17. The molecule has 0 radical (unpaired) electrons. The predicted octanol–water partition coefficient (Wildman–Crippen LogP) is 0.534. The molecule has 100 valence electrons. The maximum absolute atomic E-state index is 12.1. The van der Waals surface area contributed by atoms with Gasteiger partial charge in [-0.2, -0.15) is 0 Å². The summed E-state index contributed by atoms with van der Waals surface area (Å²) in [7, 11) is 3.95. The van der Waals surface area contributed by atoms with E-state index < -0.39 is 0 Å². The highest BCUT2D eigenvalue weighted by molar-refractivity contribution is 7.16. The molecule has 0 saturated carbocycles. The average Bonchev–Trinajstić information content (AvgIpc) is 2.78. The van der Waals surface area contributed by atoms with Crippen LogP contribution >= 0.6 is 11.3 Å². The van der Waals surface area contributed by atoms with Crippen LogP contribution in [0.4, 0.5) is 5.13 Å². The van der Waals surface area contributed by atoms with E-state index >= 15 is 0 Å². The molecule has 0 unspecified atom stereocenters. The minimum atomic E-state index is -0.0804. The smallest absolute Gasteiger partial charge is 0.284 e. The Hall–Kier alpha value is -1.21. The predicted molar refractivity (Wildman–Crippen MR) is 71.5 cm³/mol. The minimum Gasteiger partial charge on any atom is -0.374 e. The third-order valence-corrected chi connectivity index (χ3v) is 4.08. The number of aromatic nitrogens is 2. The van der Waals surface area contributed by atoms with Crippen molar-refractivity contribution in [2.45, 2.75) is 12.8 Å². The number of carbonyl (C=O) groups is 1. The standard InChI is InChI=1S/C11H19N5OS/c1-15-5-3-8(4-6-15)7-16(2)10(17)9-13-14-11(12)18-9/h8H,3-7H2,1-2H3,(H2,12,14). The largest absolute Gasteiger partial charge is 0.374 e. The van der Waals surface area contributed by atoms with Crippen LogP contribution in [0.15, 0.2) is 0 Å². The summed E-state index contributed by atoms with van der Waals surface area (Å²) >= 11 is 1.14. The second kappa shape index (κ2) is 5.62. The van der Waals surface area contributed by atoms with Crippen LogP contribution in [0.1, 0.15) is 22.6 Å². The number of nitrogen functional groups attached to an aromatic ring is 1. The fourth-order valence-corrected chi connectivity index (χ4v) is 2.80. The van der Waals surface area contributed by atoms with Gasteiger partial charge in [-0.1, -0.05) is 11.3 Å². The van der Waals surface area contributed by atoms with E-state index in [1.165, 1.54) is 0 Å². The quantitative estimate of drug-likeness (QED) is 0.866. The van der Waals surface area contributed by atoms with Crippen molar-refractivity contribution < 1.29 is 4.79 Å². The van der Waals surface area contributed by atoms with Gasteiger partial charge in [0.2, 0.25) is 10.1 Å². The van der Waals surface area contributed by atoms with E-state index in [9.17, 15) is 4.79 Å². The zero-order valence-electron chi connectivity index (χ0n) is 10.8. The summed E-state index contributed by atoms with van der Waals surface area (Å²) in [6.45, 7) is 3.00. The lowest BCUT2D eigenvalue weighted by atomic mass is 9.97. The maximum Gasteiger partial charge on any atom is 0.284 e. The van der Waals surface area contributed by atoms with Crippen molar-refractivity contribution in [3.63, 3.8) is 0 Å². The van der Waals surface area contributed by atoms with Crippen molar-refractivity contribution in [1.29, 1.82) is 0 Å². The van der Waals surface area contributed by atoms with E-state index in [1.807, 2.05) is 7.05 Å². The molecule has 0 aliphatic carbocycles. The molecule has 18 heavy (non-hydrogen) atoms. The highest BCUT2D eigenvalue weighted by Gasteiger charge is 2.22. The molecule has 2 rings (SSSR count). The topological polar surface area (TPSA) is 75.3 Å². The Balaban J connectivity index is 1.88. The number of nitrogens with two attached hydrogens (primary N) is 1. The molecule has 1 aromatic rings. The zero-order chi connectivity index (χ0) is 13.1. The first-order chi connectivity index (χ1) is 8.56. The number of rotatable bonds is 3. The first kappa shape index (κ1) is 13.2. The first-order valence-corrected chi connectivity index (χ1v) is 6.91. The van der Waals surface area contributed by atoms with Crippen LogP contribution in [0, 0.1) is 5.92 Å². The maximum atomic E-state index is 12.1. The van der Waals surface area contributed by atoms with E-state index in [4.69, 9.17) is 5.73 Å². The number of likely N-dealkylation sites (tertiary alicyclic amines) is 1. The molecule has 1 saturated heterocycles. The Labute approximate surface area is 111 Å². The molecule has 6 nitrogen and oxygen atoms in total. The molecular weight excluding hydrogens is 250 g/mol. The Morgan fingerprint density at radius 3 is 2.72 bits per heavy atom. The molecule has 0 aromatic carbocycles. The lowest BCUT2D eigenvalue weighted by molar-refractivity contribution is 0.0746. The van der Waals surface area contributed by atoms with Crippen molar-refractivity contribution >= 4 is 22.4 Å². The zero-order valence-corrected chi connectivity index (χ0v) is 11.6. The van der Waals surface area contributed by atoms with Gasteiger partial charge in [0, 0.05) is 13.6 Å². The van der Waals surface area contributed by atoms with Gasteiger partial charge in [-0.3, -0.25) is 4.79 Å². The lowest BCUT2D eigenvalue weighted by Gasteiger charge is -2.31. The summed E-state index contributed by atoms with van der Waals surface area (Å²) < 4.78 is 0. The lowest BCUT2D eigenvalue weighted by Crippen LogP contribution is -2.37. The number of nitrogens with zero attached hydrogens (tertiary/aromatic N) is 4. The number of carbonyl (C=O) groups excluding carboxylic acids is 1. The molecule has 2 N–H and O–H groups in total. The molecule has 1 aliphatic rings. The second-order valence-electron chi connectivity index (χ2n) is 4.88. The van der Waals surface area contributed by atoms with Gasteiger partial charge in [0.1, 0.15) is 0 Å². The first-order valence-electron chi connectivity index (χ1n) is 6.09. The molecule has 0 bridgehead atoms. The third-order valence-electron chi connectivity index (χ3n) is 3.34. The fraction of sp³-hybridized carbons (Fsp3) is 0.727. The van der Waals surface area contributed by atoms with E-state index in [2.05, 4.69) is 22.1 Å². The Morgan fingerprint density at radius 2 is 2.17 bits per heavy atom. The molecule has 1 aliphatic heterocycles. The molecule has 1 amide bonds. The molecule has 2 heterocycles. The number of hydrogen-bond acceptors (Lipinski definition) is 6. The normalized spacial score (nSPS) is 17.9. The monoisotopic (exact) mass is 269 g/mol. The van der Waals surface area contributed by atoms with Crippen LogP contribution in [0.3, 0.4) is 0 Å². The van der Waals surface area contributed by atoms with Crippen LogP contribution in [0.25, 0.3) is 0 Å². The van der Waals surface area contributed by atoms with Crippen LogP contribution in [-0.4, -0.2) is 59.6 Å². The van der Waals surface area contributed by atoms with Crippen LogP contribution < -0.4 is 5.73 Å². The molecule has 1 fully saturated rings. The van der Waals surface area contributed by atoms with Gasteiger partial charge in [-0.25, -0.2) is 0 Å². The average molecular weight is 269 g/mol. The number of anilines is 1. The van der Waals surface area contributed by atoms with E-state index in [-0.39, 0.29) is 5.91 Å². The molecule has 7 heteroatoms. The Morgan fingerprint density at radius 1 is 1.50 bits per heavy atom. The summed E-state index contributed by atoms with van der Waals surface area (Å²) in [6, 6.07) is 0. The number of hydrogen-bond donors (Lipinski definition) is 1. The fourth-order valence-electron chi connectivity index (χ4n) is 2.20. The number of amides is 1. The van der Waals surface area contributed by atoms with Crippen molar-refractivity contribution in [3.05, 3.63) is 5.01 Å². The molecule has 0 atom stereocenters. The van der Waals surface area contributed by atoms with Crippen molar-refractivity contribution in [2.75, 3.05) is 39.5 Å². The van der Waals surface area contributed by atoms with Crippen molar-refractivity contribution in [1.82, 2.24) is 20.0 Å². The van der Waals surface area contributed by atoms with Gasteiger partial charge in [-0.15, -0.1) is 10.2 Å². The second-order valence-corrected chi connectivity index (χ2v) is 5.89. The summed E-state index contributed by atoms with van der Waals surface area (Å²) in [5, 5.41) is 8.17. The molecule has 0 spiro atoms. The van der Waals surface area contributed by atoms with Gasteiger partial charge in [-0.05, 0) is 38.9 Å². The van der Waals surface area contributed by atoms with Crippen LogP contribution in [0.5, 0.6) is 0 Å². The SMILES string of the molecule is CN1CCC(CN(C)C(=O)c2nnc(N)s2)CC1. The van der Waals surface area contributed by atoms with E-state index in [0.717, 1.165) is 43.8 Å². The summed E-state index contributed by atoms with van der Waals surface area (Å²) in [5.74, 6) is 0.503. The van der Waals surface area contributed by atoms with Crippen LogP contribution in [-0.2, 0) is 0 Å². The van der Waals surface area contributed by atoms with Gasteiger partial charge in [0.15, 0.2) is 0 Å². The Kier molecular flexibility index (Phi) is 4.13. The molecule has 1 aromatic heterocycles. The van der Waals surface area contributed by atoms with Crippen LogP contribution in [0.2, 0.25) is 0 Å². The van der Waals surface area contributed by atoms with Gasteiger partial charge >= 0.3 is 0 Å². The summed E-state index contributed by atoms with van der Waals surface area (Å²) in [5.41, 5.74) is 5.48. The summed E-state index contributed by atoms with van der Waals surface area (Å²) in [4.78, 5) is 16.1. The van der Waals surface area contributed by atoms with Crippen molar-refractivity contribution in [2.24, 2.45) is 5.92 Å². The molecular formula is C11H19N5OS. The number of piperidine rings is 1. The Bertz CT molecular complexity index is 413. The van der Waals surface area contributed by atoms with Gasteiger partial charge < -0.3 is 15.5 Å². The van der Waals surface area contributed by atoms with Gasteiger partial charge in [0.25, 0.3) is 5.91 Å². The van der Waals surface area contributed by atoms with E-state index in [1.54, 1.807) is 4.90 Å². The van der Waals surface area contributed by atoms with Crippen molar-refractivity contribution in [3.8, 4) is 0 Å². The highest BCUT2D eigenvalue weighted by Crippen LogP contribution is 2.19. The highest BCUT2D eigenvalue weighted by atomic mass is 32.1. The van der Waals surface area contributed by atoms with Gasteiger partial charge in [0.05, 0.1) is 0 Å². The summed E-state index contributed by atoms with van der Waals surface area (Å²) in [6.07, 6.45) is 2.29. The van der Waals surface area contributed by atoms with E-state index in [0.29, 0.717) is 16.1 Å². The minimum absolute atomic E-state index is 0.0804.